The van der Waals surface area contributed by atoms with Crippen LogP contribution in [0.4, 0.5) is 0 Å². The van der Waals surface area contributed by atoms with Gasteiger partial charge in [0.15, 0.2) is 11.6 Å². The largest absolute Gasteiger partial charge is 0.347 e. The van der Waals surface area contributed by atoms with Crippen LogP contribution in [0.2, 0.25) is 5.02 Å². The van der Waals surface area contributed by atoms with Gasteiger partial charge in [0.25, 0.3) is 0 Å². The molecule has 0 saturated carbocycles. The number of rotatable bonds is 4. The molecular weight excluding hydrogens is 346 g/mol. The highest BCUT2D eigenvalue weighted by atomic mass is 35.5. The summed E-state index contributed by atoms with van der Waals surface area (Å²) in [6, 6.07) is 16.8. The fourth-order valence-electron chi connectivity index (χ4n) is 3.30. The lowest BCUT2D eigenvalue weighted by atomic mass is 9.87. The summed E-state index contributed by atoms with van der Waals surface area (Å²) >= 11 is 6.26. The first kappa shape index (κ1) is 18.2. The molecule has 1 aliphatic rings. The molecule has 2 aromatic carbocycles. The second kappa shape index (κ2) is 7.30. The zero-order valence-corrected chi connectivity index (χ0v) is 15.8. The van der Waals surface area contributed by atoms with E-state index in [1.165, 1.54) is 6.92 Å². The van der Waals surface area contributed by atoms with Crippen molar-refractivity contribution in [1.29, 1.82) is 0 Å². The van der Waals surface area contributed by atoms with Gasteiger partial charge in [-0.1, -0.05) is 54.1 Å². The molecule has 1 aliphatic heterocycles. The van der Waals surface area contributed by atoms with E-state index in [0.29, 0.717) is 28.2 Å². The van der Waals surface area contributed by atoms with Crippen molar-refractivity contribution in [2.24, 2.45) is 0 Å². The fourth-order valence-corrected chi connectivity index (χ4v) is 3.52. The van der Waals surface area contributed by atoms with Crippen LogP contribution in [0.5, 0.6) is 0 Å². The molecular formula is C22H20ClNO2. The quantitative estimate of drug-likeness (QED) is 0.704. The Hall–Kier alpha value is -2.65. The molecule has 0 bridgehead atoms. The average molecular weight is 366 g/mol. The molecule has 0 spiro atoms. The van der Waals surface area contributed by atoms with Crippen LogP contribution >= 0.6 is 11.6 Å². The van der Waals surface area contributed by atoms with Crippen LogP contribution in [-0.2, 0) is 4.79 Å². The lowest BCUT2D eigenvalue weighted by Gasteiger charge is -2.33. The summed E-state index contributed by atoms with van der Waals surface area (Å²) in [5.41, 5.74) is 4.32. The Morgan fingerprint density at radius 1 is 0.962 bits per heavy atom. The number of carbonyl (C=O) groups excluding carboxylic acids is 2. The summed E-state index contributed by atoms with van der Waals surface area (Å²) in [6.07, 6.45) is 0.305. The van der Waals surface area contributed by atoms with Crippen molar-refractivity contribution in [3.8, 4) is 0 Å². The number of hydrogen-bond donors (Lipinski definition) is 0. The molecule has 3 rings (SSSR count). The Kier molecular flexibility index (Phi) is 5.10. The number of allylic oxidation sites excluding steroid dienone is 3. The first-order valence-corrected chi connectivity index (χ1v) is 8.81. The minimum atomic E-state index is -0.146. The first-order valence-electron chi connectivity index (χ1n) is 8.44. The van der Waals surface area contributed by atoms with E-state index in [1.807, 2.05) is 49.2 Å². The second-order valence-corrected chi connectivity index (χ2v) is 6.77. The highest BCUT2D eigenvalue weighted by Gasteiger charge is 2.30. The first-order chi connectivity index (χ1) is 12.4. The molecule has 0 unspecified atom stereocenters. The van der Waals surface area contributed by atoms with Gasteiger partial charge < -0.3 is 4.90 Å². The smallest absolute Gasteiger partial charge is 0.192 e. The predicted molar refractivity (Wildman–Crippen MR) is 105 cm³/mol. The lowest BCUT2D eigenvalue weighted by Crippen LogP contribution is -2.27. The summed E-state index contributed by atoms with van der Waals surface area (Å²) in [4.78, 5) is 27.4. The molecule has 0 N–H and O–H groups in total. The van der Waals surface area contributed by atoms with Crippen molar-refractivity contribution in [2.75, 3.05) is 7.05 Å². The molecule has 0 atom stereocenters. The third kappa shape index (κ3) is 3.23. The summed E-state index contributed by atoms with van der Waals surface area (Å²) in [5, 5.41) is 0.413. The monoisotopic (exact) mass is 365 g/mol. The number of ketones is 2. The Labute approximate surface area is 158 Å². The van der Waals surface area contributed by atoms with Crippen LogP contribution in [0.3, 0.4) is 0 Å². The Morgan fingerprint density at radius 3 is 2.19 bits per heavy atom. The normalized spacial score (nSPS) is 14.7. The Balaban J connectivity index is 2.21. The summed E-state index contributed by atoms with van der Waals surface area (Å²) < 4.78 is 0. The van der Waals surface area contributed by atoms with E-state index in [-0.39, 0.29) is 11.6 Å². The minimum absolute atomic E-state index is 0.0223. The van der Waals surface area contributed by atoms with Gasteiger partial charge in [-0.05, 0) is 31.5 Å². The van der Waals surface area contributed by atoms with E-state index in [9.17, 15) is 9.59 Å². The van der Waals surface area contributed by atoms with Gasteiger partial charge in [-0.2, -0.15) is 0 Å². The van der Waals surface area contributed by atoms with E-state index in [0.717, 1.165) is 17.0 Å². The maximum Gasteiger partial charge on any atom is 0.192 e. The van der Waals surface area contributed by atoms with Crippen molar-refractivity contribution in [3.63, 3.8) is 0 Å². The van der Waals surface area contributed by atoms with Crippen LogP contribution in [0.25, 0.3) is 5.70 Å². The predicted octanol–water partition coefficient (Wildman–Crippen LogP) is 5.13. The lowest BCUT2D eigenvalue weighted by molar-refractivity contribution is -0.113. The SMILES string of the molecule is CC(=O)C1=C(C)N(C)C(c2ccccc2)=C(C(=O)c2ccccc2Cl)C1. The zero-order valence-electron chi connectivity index (χ0n) is 15.0. The third-order valence-corrected chi connectivity index (χ3v) is 5.11. The van der Waals surface area contributed by atoms with Crippen molar-refractivity contribution in [3.05, 3.63) is 87.6 Å². The molecule has 2 aromatic rings. The van der Waals surface area contributed by atoms with Crippen LogP contribution < -0.4 is 0 Å². The fraction of sp³-hybridized carbons (Fsp3) is 0.182. The van der Waals surface area contributed by atoms with Gasteiger partial charge in [-0.15, -0.1) is 0 Å². The number of carbonyl (C=O) groups is 2. The maximum absolute atomic E-state index is 13.3. The van der Waals surface area contributed by atoms with E-state index in [1.54, 1.807) is 24.3 Å². The molecule has 3 nitrogen and oxygen atoms in total. The standard InChI is InChI=1S/C22H20ClNO2/c1-14-18(15(2)25)13-19(22(26)17-11-7-8-12-20(17)23)21(24(14)3)16-9-5-4-6-10-16/h4-12H,13H2,1-3H3. The molecule has 0 aromatic heterocycles. The number of Topliss-reactive ketones (excluding diaryl/α,β-unsaturated/α-hetero) is 2. The average Bonchev–Trinajstić information content (AvgIpc) is 2.64. The van der Waals surface area contributed by atoms with Crippen molar-refractivity contribution in [2.45, 2.75) is 20.3 Å². The van der Waals surface area contributed by atoms with E-state index in [4.69, 9.17) is 11.6 Å². The van der Waals surface area contributed by atoms with Crippen molar-refractivity contribution >= 4 is 28.9 Å². The zero-order chi connectivity index (χ0) is 18.8. The van der Waals surface area contributed by atoms with Crippen molar-refractivity contribution in [1.82, 2.24) is 4.90 Å². The van der Waals surface area contributed by atoms with Gasteiger partial charge in [0.05, 0.1) is 10.7 Å². The summed E-state index contributed by atoms with van der Waals surface area (Å²) in [5.74, 6) is -0.168. The van der Waals surface area contributed by atoms with E-state index >= 15 is 0 Å². The van der Waals surface area contributed by atoms with Crippen LogP contribution in [0.15, 0.2) is 71.4 Å². The molecule has 0 fully saturated rings. The van der Waals surface area contributed by atoms with Gasteiger partial charge in [-0.25, -0.2) is 0 Å². The molecule has 1 heterocycles. The highest BCUT2D eigenvalue weighted by Crippen LogP contribution is 2.37. The Bertz CT molecular complexity index is 942. The number of halogens is 1. The van der Waals surface area contributed by atoms with Gasteiger partial charge in [0.1, 0.15) is 0 Å². The highest BCUT2D eigenvalue weighted by molar-refractivity contribution is 6.35. The van der Waals surface area contributed by atoms with Crippen molar-refractivity contribution < 1.29 is 9.59 Å². The Morgan fingerprint density at radius 2 is 1.58 bits per heavy atom. The second-order valence-electron chi connectivity index (χ2n) is 6.36. The van der Waals surface area contributed by atoms with E-state index < -0.39 is 0 Å². The van der Waals surface area contributed by atoms with Gasteiger partial charge in [-0.3, -0.25) is 9.59 Å². The van der Waals surface area contributed by atoms with Crippen LogP contribution in [0, 0.1) is 0 Å². The molecule has 0 aliphatic carbocycles. The third-order valence-electron chi connectivity index (χ3n) is 4.78. The molecule has 0 amide bonds. The van der Waals surface area contributed by atoms with Crippen LogP contribution in [0.1, 0.15) is 36.2 Å². The number of benzene rings is 2. The van der Waals surface area contributed by atoms with Gasteiger partial charge >= 0.3 is 0 Å². The molecule has 0 saturated heterocycles. The van der Waals surface area contributed by atoms with Gasteiger partial charge in [0.2, 0.25) is 0 Å². The topological polar surface area (TPSA) is 37.4 Å². The molecule has 132 valence electrons. The van der Waals surface area contributed by atoms with Gasteiger partial charge in [0, 0.05) is 35.9 Å². The summed E-state index contributed by atoms with van der Waals surface area (Å²) in [6.45, 7) is 3.45. The number of nitrogens with zero attached hydrogens (tertiary/aromatic N) is 1. The molecule has 26 heavy (non-hydrogen) atoms. The molecule has 0 radical (unpaired) electrons. The maximum atomic E-state index is 13.3. The minimum Gasteiger partial charge on any atom is -0.347 e. The molecule has 4 heteroatoms. The van der Waals surface area contributed by atoms with Crippen LogP contribution in [-0.4, -0.2) is 23.5 Å². The van der Waals surface area contributed by atoms with E-state index in [2.05, 4.69) is 0 Å². The summed E-state index contributed by atoms with van der Waals surface area (Å²) in [7, 11) is 1.89. The number of hydrogen-bond acceptors (Lipinski definition) is 3.